The lowest BCUT2D eigenvalue weighted by Crippen LogP contribution is -2.13. The molecule has 0 saturated heterocycles. The number of rotatable bonds is 2. The molecule has 0 saturated carbocycles. The van der Waals surface area contributed by atoms with E-state index in [0.29, 0.717) is 5.56 Å². The van der Waals surface area contributed by atoms with Crippen LogP contribution in [0, 0.1) is 0 Å². The summed E-state index contributed by atoms with van der Waals surface area (Å²) in [6, 6.07) is 12.2. The molecule has 0 radical (unpaired) electrons. The second-order valence-corrected chi connectivity index (χ2v) is 5.74. The lowest BCUT2D eigenvalue weighted by Gasteiger charge is -2.07. The molecule has 96 valence electrons. The van der Waals surface area contributed by atoms with Gasteiger partial charge in [-0.05, 0) is 23.8 Å². The maximum absolute atomic E-state index is 11.6. The number of sulfonamides is 1. The number of nitrogens with zero attached hydrogens (tertiary/aromatic N) is 1. The van der Waals surface area contributed by atoms with Crippen LogP contribution in [0.1, 0.15) is 0 Å². The van der Waals surface area contributed by atoms with Crippen LogP contribution in [0.4, 0.5) is 0 Å². The first-order valence-corrected chi connectivity index (χ1v) is 7.16. The molecule has 0 aliphatic heterocycles. The molecule has 2 aromatic carbocycles. The van der Waals surface area contributed by atoms with Crippen molar-refractivity contribution in [3.05, 3.63) is 48.7 Å². The molecule has 1 heterocycles. The maximum Gasteiger partial charge on any atom is 0.238 e. The quantitative estimate of drug-likeness (QED) is 0.747. The van der Waals surface area contributed by atoms with Crippen molar-refractivity contribution >= 4 is 20.9 Å². The van der Waals surface area contributed by atoms with Gasteiger partial charge in [0.15, 0.2) is 0 Å². The summed E-state index contributed by atoms with van der Waals surface area (Å²) < 4.78 is 23.2. The van der Waals surface area contributed by atoms with Gasteiger partial charge in [0.2, 0.25) is 10.0 Å². The predicted octanol–water partition coefficient (Wildman–Crippen LogP) is 1.88. The third-order valence-electron chi connectivity index (χ3n) is 2.94. The van der Waals surface area contributed by atoms with E-state index in [1.165, 1.54) is 6.07 Å². The number of nitrogens with two attached hydrogens (primary N) is 1. The molecular formula is C13H11N3O2S. The normalized spacial score (nSPS) is 11.8. The van der Waals surface area contributed by atoms with Gasteiger partial charge in [-0.25, -0.2) is 13.6 Å². The first-order chi connectivity index (χ1) is 9.05. The Bertz CT molecular complexity index is 853. The standard InChI is InChI=1S/C13H11N3O2S/c14-19(17,18)13-4-2-1-3-11(13)9-5-6-12-10(7-9)8-15-16-12/h1-8H,(H,15,16)(H2,14,17,18). The summed E-state index contributed by atoms with van der Waals surface area (Å²) in [5, 5.41) is 12.9. The molecule has 3 aromatic rings. The molecule has 0 fully saturated rings. The van der Waals surface area contributed by atoms with Gasteiger partial charge in [-0.3, -0.25) is 5.10 Å². The number of primary sulfonamides is 1. The highest BCUT2D eigenvalue weighted by Crippen LogP contribution is 2.28. The Morgan fingerprint density at radius 1 is 1.11 bits per heavy atom. The van der Waals surface area contributed by atoms with Gasteiger partial charge in [-0.1, -0.05) is 24.3 Å². The lowest BCUT2D eigenvalue weighted by atomic mass is 10.0. The van der Waals surface area contributed by atoms with Crippen LogP contribution in [0.2, 0.25) is 0 Å². The summed E-state index contributed by atoms with van der Waals surface area (Å²) in [6.07, 6.45) is 1.69. The predicted molar refractivity (Wildman–Crippen MR) is 72.9 cm³/mol. The van der Waals surface area contributed by atoms with Crippen molar-refractivity contribution in [1.29, 1.82) is 0 Å². The van der Waals surface area contributed by atoms with E-state index in [4.69, 9.17) is 5.14 Å². The molecular weight excluding hydrogens is 262 g/mol. The van der Waals surface area contributed by atoms with Crippen LogP contribution in [0.5, 0.6) is 0 Å². The lowest BCUT2D eigenvalue weighted by molar-refractivity contribution is 0.598. The Labute approximate surface area is 110 Å². The molecule has 6 heteroatoms. The van der Waals surface area contributed by atoms with Crippen LogP contribution in [0.3, 0.4) is 0 Å². The summed E-state index contributed by atoms with van der Waals surface area (Å²) in [5.41, 5.74) is 2.28. The number of H-pyrrole nitrogens is 1. The van der Waals surface area contributed by atoms with Gasteiger partial charge >= 0.3 is 0 Å². The highest BCUT2D eigenvalue weighted by Gasteiger charge is 2.14. The van der Waals surface area contributed by atoms with Gasteiger partial charge < -0.3 is 0 Å². The van der Waals surface area contributed by atoms with Crippen molar-refractivity contribution in [2.24, 2.45) is 5.14 Å². The summed E-state index contributed by atoms with van der Waals surface area (Å²) >= 11 is 0. The fraction of sp³-hybridized carbons (Fsp3) is 0. The van der Waals surface area contributed by atoms with Gasteiger partial charge in [-0.2, -0.15) is 5.10 Å². The van der Waals surface area contributed by atoms with E-state index < -0.39 is 10.0 Å². The average Bonchev–Trinajstić information content (AvgIpc) is 2.85. The van der Waals surface area contributed by atoms with Crippen LogP contribution < -0.4 is 5.14 Å². The number of benzene rings is 2. The van der Waals surface area contributed by atoms with Crippen LogP contribution in [-0.4, -0.2) is 18.6 Å². The van der Waals surface area contributed by atoms with E-state index in [0.717, 1.165) is 16.5 Å². The molecule has 0 atom stereocenters. The average molecular weight is 273 g/mol. The minimum atomic E-state index is -3.74. The minimum absolute atomic E-state index is 0.123. The molecule has 3 N–H and O–H groups in total. The molecule has 0 amide bonds. The molecule has 5 nitrogen and oxygen atoms in total. The third kappa shape index (κ3) is 2.11. The molecule has 1 aromatic heterocycles. The van der Waals surface area contributed by atoms with Crippen LogP contribution in [0.25, 0.3) is 22.0 Å². The van der Waals surface area contributed by atoms with E-state index in [2.05, 4.69) is 10.2 Å². The Balaban J connectivity index is 2.27. The third-order valence-corrected chi connectivity index (χ3v) is 3.91. The zero-order chi connectivity index (χ0) is 13.5. The van der Waals surface area contributed by atoms with Crippen molar-refractivity contribution in [1.82, 2.24) is 10.2 Å². The van der Waals surface area contributed by atoms with Crippen molar-refractivity contribution in [3.63, 3.8) is 0 Å². The fourth-order valence-corrected chi connectivity index (χ4v) is 2.82. The number of hydrogen-bond donors (Lipinski definition) is 2. The molecule has 0 bridgehead atoms. The maximum atomic E-state index is 11.6. The second-order valence-electron chi connectivity index (χ2n) is 4.21. The number of hydrogen-bond acceptors (Lipinski definition) is 3. The van der Waals surface area contributed by atoms with Gasteiger partial charge in [0.1, 0.15) is 0 Å². The Morgan fingerprint density at radius 2 is 1.89 bits per heavy atom. The summed E-state index contributed by atoms with van der Waals surface area (Å²) in [4.78, 5) is 0.123. The van der Waals surface area contributed by atoms with E-state index in [9.17, 15) is 8.42 Å². The molecule has 3 rings (SSSR count). The van der Waals surface area contributed by atoms with Crippen LogP contribution in [-0.2, 0) is 10.0 Å². The van der Waals surface area contributed by atoms with E-state index in [1.807, 2.05) is 18.2 Å². The zero-order valence-corrected chi connectivity index (χ0v) is 10.7. The first kappa shape index (κ1) is 11.9. The van der Waals surface area contributed by atoms with Crippen molar-refractivity contribution in [2.75, 3.05) is 0 Å². The van der Waals surface area contributed by atoms with Crippen molar-refractivity contribution < 1.29 is 8.42 Å². The molecule has 0 aliphatic carbocycles. The van der Waals surface area contributed by atoms with Gasteiger partial charge in [0.05, 0.1) is 16.6 Å². The van der Waals surface area contributed by atoms with Gasteiger partial charge in [0.25, 0.3) is 0 Å². The Kier molecular flexibility index (Phi) is 2.62. The fourth-order valence-electron chi connectivity index (χ4n) is 2.06. The Hall–Kier alpha value is -2.18. The molecule has 19 heavy (non-hydrogen) atoms. The highest BCUT2D eigenvalue weighted by atomic mass is 32.2. The number of fused-ring (bicyclic) bond motifs is 1. The highest BCUT2D eigenvalue weighted by molar-refractivity contribution is 7.89. The van der Waals surface area contributed by atoms with Crippen LogP contribution in [0.15, 0.2) is 53.6 Å². The SMILES string of the molecule is NS(=O)(=O)c1ccccc1-c1ccc2[nH]ncc2c1. The Morgan fingerprint density at radius 3 is 2.68 bits per heavy atom. The van der Waals surface area contributed by atoms with E-state index >= 15 is 0 Å². The monoisotopic (exact) mass is 273 g/mol. The largest absolute Gasteiger partial charge is 0.278 e. The molecule has 0 unspecified atom stereocenters. The first-order valence-electron chi connectivity index (χ1n) is 5.61. The number of nitrogens with one attached hydrogen (secondary N) is 1. The summed E-state index contributed by atoms with van der Waals surface area (Å²) in [6.45, 7) is 0. The van der Waals surface area contributed by atoms with Crippen molar-refractivity contribution in [3.8, 4) is 11.1 Å². The molecule has 0 spiro atoms. The van der Waals surface area contributed by atoms with Gasteiger partial charge in [-0.15, -0.1) is 0 Å². The van der Waals surface area contributed by atoms with Crippen molar-refractivity contribution in [2.45, 2.75) is 4.90 Å². The topological polar surface area (TPSA) is 88.8 Å². The van der Waals surface area contributed by atoms with Crippen LogP contribution >= 0.6 is 0 Å². The smallest absolute Gasteiger partial charge is 0.238 e. The zero-order valence-electron chi connectivity index (χ0n) is 9.87. The second kappa shape index (κ2) is 4.18. The number of aromatic amines is 1. The molecule has 0 aliphatic rings. The number of aromatic nitrogens is 2. The van der Waals surface area contributed by atoms with Gasteiger partial charge in [0, 0.05) is 10.9 Å². The van der Waals surface area contributed by atoms with E-state index in [-0.39, 0.29) is 4.90 Å². The van der Waals surface area contributed by atoms with E-state index in [1.54, 1.807) is 24.4 Å². The summed E-state index contributed by atoms with van der Waals surface area (Å²) in [7, 11) is -3.74. The minimum Gasteiger partial charge on any atom is -0.278 e. The summed E-state index contributed by atoms with van der Waals surface area (Å²) in [5.74, 6) is 0.